The van der Waals surface area contributed by atoms with Crippen LogP contribution in [0.4, 0.5) is 0 Å². The van der Waals surface area contributed by atoms with Gasteiger partial charge >= 0.3 is 5.97 Å². The van der Waals surface area contributed by atoms with Crippen molar-refractivity contribution in [3.8, 4) is 23.0 Å². The van der Waals surface area contributed by atoms with Gasteiger partial charge in [0.05, 0.1) is 18.4 Å². The number of allylic oxidation sites excluding steroid dienone is 2. The molecule has 0 fully saturated rings. The van der Waals surface area contributed by atoms with E-state index in [1.165, 1.54) is 6.08 Å². The van der Waals surface area contributed by atoms with E-state index in [9.17, 15) is 14.7 Å². The summed E-state index contributed by atoms with van der Waals surface area (Å²) < 4.78 is 17.5. The van der Waals surface area contributed by atoms with Crippen molar-refractivity contribution < 1.29 is 28.6 Å². The molecule has 0 unspecified atom stereocenters. The van der Waals surface area contributed by atoms with Gasteiger partial charge in [0.25, 0.3) is 0 Å². The Labute approximate surface area is 252 Å². The Morgan fingerprint density at radius 2 is 1.65 bits per heavy atom. The van der Waals surface area contributed by atoms with Crippen molar-refractivity contribution >= 4 is 11.8 Å². The number of aliphatic carboxylic acids is 1. The van der Waals surface area contributed by atoms with E-state index < -0.39 is 12.0 Å². The van der Waals surface area contributed by atoms with Crippen LogP contribution in [0.25, 0.3) is 11.5 Å². The smallest absolute Gasteiger partial charge is 0.326 e. The van der Waals surface area contributed by atoms with E-state index in [1.54, 1.807) is 24.3 Å². The molecule has 2 N–H and O–H groups in total. The highest BCUT2D eigenvalue weighted by Gasteiger charge is 2.19. The van der Waals surface area contributed by atoms with Crippen LogP contribution in [0.15, 0.2) is 95.1 Å². The summed E-state index contributed by atoms with van der Waals surface area (Å²) in [6.45, 7) is 8.15. The monoisotopic (exact) mass is 582 g/mol. The highest BCUT2D eigenvalue weighted by atomic mass is 16.5. The predicted octanol–water partition coefficient (Wildman–Crippen LogP) is 6.82. The lowest BCUT2D eigenvalue weighted by Crippen LogP contribution is -2.38. The number of carboxylic acid groups (broad SMARTS) is 1. The average Bonchev–Trinajstić information content (AvgIpc) is 3.37. The molecule has 0 spiro atoms. The number of nitrogens with zero attached hydrogens (tertiary/aromatic N) is 1. The first-order chi connectivity index (χ1) is 20.7. The van der Waals surface area contributed by atoms with Gasteiger partial charge in [0.2, 0.25) is 5.89 Å². The number of benzene rings is 3. The molecule has 8 nitrogen and oxygen atoms in total. The Hall–Kier alpha value is -4.85. The second-order valence-corrected chi connectivity index (χ2v) is 10.4. The maximum absolute atomic E-state index is 12.6. The van der Waals surface area contributed by atoms with E-state index in [4.69, 9.17) is 13.9 Å². The Bertz CT molecular complexity index is 1520. The van der Waals surface area contributed by atoms with Crippen LogP contribution in [0.1, 0.15) is 54.6 Å². The minimum absolute atomic E-state index is 0.108. The van der Waals surface area contributed by atoms with Crippen molar-refractivity contribution in [3.63, 3.8) is 0 Å². The number of ether oxygens (including phenoxy) is 2. The summed E-state index contributed by atoms with van der Waals surface area (Å²) in [6, 6.07) is 23.0. The first kappa shape index (κ1) is 31.1. The number of oxazole rings is 1. The Balaban J connectivity index is 1.30. The van der Waals surface area contributed by atoms with Crippen molar-refractivity contribution in [2.75, 3.05) is 6.61 Å². The van der Waals surface area contributed by atoms with Crippen LogP contribution >= 0.6 is 0 Å². The molecule has 0 aliphatic carbocycles. The summed E-state index contributed by atoms with van der Waals surface area (Å²) in [5.41, 5.74) is 3.67. The molecule has 0 bridgehead atoms. The number of hydrogen-bond acceptors (Lipinski definition) is 7. The normalized spacial score (nSPS) is 12.2. The molecule has 0 aliphatic rings. The van der Waals surface area contributed by atoms with Crippen molar-refractivity contribution in [2.24, 2.45) is 0 Å². The van der Waals surface area contributed by atoms with Crippen molar-refractivity contribution in [3.05, 3.63) is 113 Å². The first-order valence-electron chi connectivity index (χ1n) is 14.5. The number of ketones is 1. The van der Waals surface area contributed by atoms with Crippen LogP contribution < -0.4 is 14.8 Å². The molecule has 4 rings (SSSR count). The molecule has 8 heteroatoms. The predicted molar refractivity (Wildman–Crippen MR) is 165 cm³/mol. The number of carbonyl (C=O) groups is 2. The second-order valence-electron chi connectivity index (χ2n) is 10.4. The molecule has 0 saturated heterocycles. The number of carboxylic acids is 1. The van der Waals surface area contributed by atoms with E-state index in [1.807, 2.05) is 82.3 Å². The fraction of sp³-hybridized carbons (Fsp3) is 0.286. The zero-order chi connectivity index (χ0) is 30.8. The van der Waals surface area contributed by atoms with Gasteiger partial charge in [-0.25, -0.2) is 9.78 Å². The van der Waals surface area contributed by atoms with E-state index in [2.05, 4.69) is 10.3 Å². The SMILES string of the molecule is CC/C(=C\C(=O)c1ccccc1)N[C@@H](Cc1ccc(OCCc2nc(-c3ccc(OC(C)C)cc3)oc2C)cc1)C(=O)O. The standard InChI is InChI=1S/C35H38N2O6/c1-5-28(22-33(38)26-9-7-6-8-10-26)36-32(35(39)40)21-25-11-15-29(16-12-25)41-20-19-31-24(4)43-34(37-31)27-13-17-30(18-14-27)42-23(2)3/h6-18,22-23,32,36H,5,19-21H2,1-4H3,(H,39,40)/b28-22+/t32-/m0/s1. The Morgan fingerprint density at radius 1 is 0.977 bits per heavy atom. The highest BCUT2D eigenvalue weighted by Crippen LogP contribution is 2.25. The summed E-state index contributed by atoms with van der Waals surface area (Å²) in [6.07, 6.45) is 2.90. The molecule has 4 aromatic rings. The lowest BCUT2D eigenvalue weighted by molar-refractivity contribution is -0.139. The van der Waals surface area contributed by atoms with Gasteiger partial charge in [-0.05, 0) is 69.2 Å². The number of carbonyl (C=O) groups excluding carboxylic acids is 1. The van der Waals surface area contributed by atoms with E-state index >= 15 is 0 Å². The fourth-order valence-electron chi connectivity index (χ4n) is 4.47. The van der Waals surface area contributed by atoms with E-state index in [-0.39, 0.29) is 18.3 Å². The number of aryl methyl sites for hydroxylation is 1. The molecule has 0 amide bonds. The van der Waals surface area contributed by atoms with Gasteiger partial charge in [0, 0.05) is 35.7 Å². The van der Waals surface area contributed by atoms with Crippen molar-refractivity contribution in [1.82, 2.24) is 10.3 Å². The highest BCUT2D eigenvalue weighted by molar-refractivity contribution is 6.04. The summed E-state index contributed by atoms with van der Waals surface area (Å²) >= 11 is 0. The quantitative estimate of drug-likeness (QED) is 0.116. The van der Waals surface area contributed by atoms with Gasteiger partial charge < -0.3 is 24.3 Å². The molecule has 1 atom stereocenters. The molecule has 3 aromatic carbocycles. The van der Waals surface area contributed by atoms with Crippen LogP contribution in [0, 0.1) is 6.92 Å². The Kier molecular flexibility index (Phi) is 10.7. The first-order valence-corrected chi connectivity index (χ1v) is 14.5. The molecule has 1 heterocycles. The summed E-state index contributed by atoms with van der Waals surface area (Å²) in [5.74, 6) is 1.62. The minimum atomic E-state index is -0.992. The summed E-state index contributed by atoms with van der Waals surface area (Å²) in [4.78, 5) is 29.2. The van der Waals surface area contributed by atoms with Gasteiger partial charge in [-0.1, -0.05) is 49.4 Å². The second kappa shape index (κ2) is 14.9. The van der Waals surface area contributed by atoms with Crippen LogP contribution in [0.5, 0.6) is 11.5 Å². The molecule has 0 aliphatic heterocycles. The van der Waals surface area contributed by atoms with E-state index in [0.29, 0.717) is 42.3 Å². The number of hydrogen-bond donors (Lipinski definition) is 2. The van der Waals surface area contributed by atoms with Crippen LogP contribution in [0.3, 0.4) is 0 Å². The van der Waals surface area contributed by atoms with Gasteiger partial charge in [0.15, 0.2) is 5.78 Å². The van der Waals surface area contributed by atoms with Gasteiger partial charge in [-0.3, -0.25) is 4.79 Å². The lowest BCUT2D eigenvalue weighted by atomic mass is 10.0. The molecule has 0 saturated carbocycles. The number of nitrogens with one attached hydrogen (secondary N) is 1. The minimum Gasteiger partial charge on any atom is -0.493 e. The molecular weight excluding hydrogens is 544 g/mol. The van der Waals surface area contributed by atoms with E-state index in [0.717, 1.165) is 28.3 Å². The molecule has 224 valence electrons. The molecule has 0 radical (unpaired) electrons. The largest absolute Gasteiger partial charge is 0.493 e. The van der Waals surface area contributed by atoms with Crippen LogP contribution in [-0.4, -0.2) is 40.6 Å². The number of aromatic nitrogens is 1. The maximum atomic E-state index is 12.6. The zero-order valence-corrected chi connectivity index (χ0v) is 25.0. The average molecular weight is 583 g/mol. The van der Waals surface area contributed by atoms with Gasteiger partial charge in [-0.15, -0.1) is 0 Å². The van der Waals surface area contributed by atoms with Gasteiger partial charge in [-0.2, -0.15) is 0 Å². The fourth-order valence-corrected chi connectivity index (χ4v) is 4.47. The zero-order valence-electron chi connectivity index (χ0n) is 25.0. The molecular formula is C35H38N2O6. The third kappa shape index (κ3) is 9.07. The third-order valence-corrected chi connectivity index (χ3v) is 6.74. The number of rotatable bonds is 15. The van der Waals surface area contributed by atoms with Crippen LogP contribution in [0.2, 0.25) is 0 Å². The Morgan fingerprint density at radius 3 is 2.28 bits per heavy atom. The van der Waals surface area contributed by atoms with Crippen molar-refractivity contribution in [2.45, 2.75) is 59.1 Å². The maximum Gasteiger partial charge on any atom is 0.326 e. The molecule has 1 aromatic heterocycles. The topological polar surface area (TPSA) is 111 Å². The van der Waals surface area contributed by atoms with Gasteiger partial charge in [0.1, 0.15) is 23.3 Å². The lowest BCUT2D eigenvalue weighted by Gasteiger charge is -2.18. The van der Waals surface area contributed by atoms with Crippen LogP contribution in [-0.2, 0) is 17.6 Å². The summed E-state index contributed by atoms with van der Waals surface area (Å²) in [5, 5.41) is 12.9. The molecule has 43 heavy (non-hydrogen) atoms. The third-order valence-electron chi connectivity index (χ3n) is 6.74. The summed E-state index contributed by atoms with van der Waals surface area (Å²) in [7, 11) is 0. The van der Waals surface area contributed by atoms with Crippen molar-refractivity contribution in [1.29, 1.82) is 0 Å².